The zero-order chi connectivity index (χ0) is 16.8. The molecule has 6 nitrogen and oxygen atoms in total. The number of carbonyl (C=O) groups excluding carboxylic acids is 1. The Bertz CT molecular complexity index is 588. The first-order chi connectivity index (χ1) is 10.2. The second-order valence-corrected chi connectivity index (χ2v) is 7.29. The molecule has 1 aromatic carbocycles. The first-order valence-electron chi connectivity index (χ1n) is 6.79. The van der Waals surface area contributed by atoms with E-state index in [-0.39, 0.29) is 25.5 Å². The zero-order valence-corrected chi connectivity index (χ0v) is 13.9. The molecule has 0 heterocycles. The highest BCUT2D eigenvalue weighted by molar-refractivity contribution is 7.88. The predicted molar refractivity (Wildman–Crippen MR) is 83.2 cm³/mol. The van der Waals surface area contributed by atoms with Crippen LogP contribution < -0.4 is 5.32 Å². The van der Waals surface area contributed by atoms with E-state index in [9.17, 15) is 17.6 Å². The molecule has 8 heteroatoms. The molecule has 1 aromatic rings. The van der Waals surface area contributed by atoms with Gasteiger partial charge in [0.2, 0.25) is 15.9 Å². The molecule has 0 fully saturated rings. The summed E-state index contributed by atoms with van der Waals surface area (Å²) in [5.41, 5.74) is 0.744. The second-order valence-electron chi connectivity index (χ2n) is 5.30. The minimum atomic E-state index is -3.45. The molecule has 0 saturated heterocycles. The summed E-state index contributed by atoms with van der Waals surface area (Å²) in [7, 11) is 0.209. The van der Waals surface area contributed by atoms with Gasteiger partial charge in [-0.05, 0) is 31.8 Å². The summed E-state index contributed by atoms with van der Waals surface area (Å²) in [6, 6.07) is 5.74. The van der Waals surface area contributed by atoms with Gasteiger partial charge in [0.15, 0.2) is 0 Å². The van der Waals surface area contributed by atoms with Crippen molar-refractivity contribution in [1.82, 2.24) is 14.5 Å². The molecule has 1 rings (SSSR count). The lowest BCUT2D eigenvalue weighted by molar-refractivity contribution is -0.121. The summed E-state index contributed by atoms with van der Waals surface area (Å²) in [5.74, 6) is -0.740. The van der Waals surface area contributed by atoms with Gasteiger partial charge in [0.25, 0.3) is 0 Å². The van der Waals surface area contributed by atoms with Crippen LogP contribution in [0, 0.1) is 5.82 Å². The van der Waals surface area contributed by atoms with E-state index in [2.05, 4.69) is 5.32 Å². The molecule has 0 aliphatic carbocycles. The lowest BCUT2D eigenvalue weighted by Crippen LogP contribution is -2.42. The molecule has 1 N–H and O–H groups in total. The summed E-state index contributed by atoms with van der Waals surface area (Å²) in [6.07, 6.45) is 1.08. The number of hydrogen-bond donors (Lipinski definition) is 1. The lowest BCUT2D eigenvalue weighted by atomic mass is 10.2. The largest absolute Gasteiger partial charge is 0.351 e. The number of nitrogens with one attached hydrogen (secondary N) is 1. The van der Waals surface area contributed by atoms with Crippen LogP contribution in [0.1, 0.15) is 5.56 Å². The van der Waals surface area contributed by atoms with Crippen LogP contribution in [0.15, 0.2) is 24.3 Å². The van der Waals surface area contributed by atoms with Crippen molar-refractivity contribution in [3.63, 3.8) is 0 Å². The summed E-state index contributed by atoms with van der Waals surface area (Å²) in [4.78, 5) is 13.7. The Kier molecular flexibility index (Phi) is 6.92. The third-order valence-electron chi connectivity index (χ3n) is 2.99. The van der Waals surface area contributed by atoms with Crippen molar-refractivity contribution in [1.29, 1.82) is 0 Å². The molecule has 0 spiro atoms. The number of hydrogen-bond acceptors (Lipinski definition) is 4. The average molecular weight is 331 g/mol. The zero-order valence-electron chi connectivity index (χ0n) is 13.0. The van der Waals surface area contributed by atoms with Crippen LogP contribution in [0.4, 0.5) is 4.39 Å². The first kappa shape index (κ1) is 18.5. The summed E-state index contributed by atoms with van der Waals surface area (Å²) >= 11 is 0. The van der Waals surface area contributed by atoms with Crippen LogP contribution in [0.3, 0.4) is 0 Å². The first-order valence-corrected chi connectivity index (χ1v) is 8.64. The van der Waals surface area contributed by atoms with Crippen LogP contribution in [0.2, 0.25) is 0 Å². The highest BCUT2D eigenvalue weighted by atomic mass is 32.2. The van der Waals surface area contributed by atoms with Crippen molar-refractivity contribution in [3.8, 4) is 0 Å². The lowest BCUT2D eigenvalue weighted by Gasteiger charge is -2.21. The SMILES string of the molecule is CN(C)CCN(CC(=O)NCc1ccc(F)cc1)S(C)(=O)=O. The van der Waals surface area contributed by atoms with Gasteiger partial charge in [0, 0.05) is 19.6 Å². The Morgan fingerprint density at radius 2 is 1.77 bits per heavy atom. The molecule has 0 radical (unpaired) electrons. The summed E-state index contributed by atoms with van der Waals surface area (Å²) in [6.45, 7) is 0.770. The van der Waals surface area contributed by atoms with E-state index in [4.69, 9.17) is 0 Å². The van der Waals surface area contributed by atoms with Crippen LogP contribution in [-0.4, -0.2) is 63.5 Å². The van der Waals surface area contributed by atoms with Gasteiger partial charge in [0.1, 0.15) is 5.82 Å². The molecule has 0 aromatic heterocycles. The Morgan fingerprint density at radius 1 is 1.18 bits per heavy atom. The molecule has 1 amide bonds. The van der Waals surface area contributed by atoms with Gasteiger partial charge in [-0.25, -0.2) is 12.8 Å². The monoisotopic (exact) mass is 331 g/mol. The normalized spacial score (nSPS) is 11.9. The molecule has 0 bridgehead atoms. The van der Waals surface area contributed by atoms with Crippen LogP contribution >= 0.6 is 0 Å². The highest BCUT2D eigenvalue weighted by Crippen LogP contribution is 2.02. The molecule has 0 atom stereocenters. The average Bonchev–Trinajstić information content (AvgIpc) is 2.41. The number of likely N-dealkylation sites (N-methyl/N-ethyl adjacent to an activating group) is 1. The third kappa shape index (κ3) is 6.97. The van der Waals surface area contributed by atoms with E-state index in [1.165, 1.54) is 12.1 Å². The smallest absolute Gasteiger partial charge is 0.235 e. The number of benzene rings is 1. The maximum atomic E-state index is 12.8. The van der Waals surface area contributed by atoms with E-state index >= 15 is 0 Å². The third-order valence-corrected chi connectivity index (χ3v) is 4.24. The van der Waals surface area contributed by atoms with Crippen LogP contribution in [0.25, 0.3) is 0 Å². The van der Waals surface area contributed by atoms with Gasteiger partial charge >= 0.3 is 0 Å². The fourth-order valence-corrected chi connectivity index (χ4v) is 2.46. The van der Waals surface area contributed by atoms with Gasteiger partial charge in [0.05, 0.1) is 12.8 Å². The van der Waals surface area contributed by atoms with E-state index in [1.54, 1.807) is 12.1 Å². The molecule has 0 saturated carbocycles. The molecular formula is C14H22FN3O3S. The van der Waals surface area contributed by atoms with Crippen molar-refractivity contribution >= 4 is 15.9 Å². The highest BCUT2D eigenvalue weighted by Gasteiger charge is 2.19. The van der Waals surface area contributed by atoms with Crippen LogP contribution in [0.5, 0.6) is 0 Å². The Labute approximate surface area is 131 Å². The van der Waals surface area contributed by atoms with Gasteiger partial charge in [-0.15, -0.1) is 0 Å². The van der Waals surface area contributed by atoms with E-state index < -0.39 is 15.9 Å². The molecule has 124 valence electrons. The standard InChI is InChI=1S/C14H22FN3O3S/c1-17(2)8-9-18(22(3,20)21)11-14(19)16-10-12-4-6-13(15)7-5-12/h4-7H,8-11H2,1-3H3,(H,16,19). The minimum absolute atomic E-state index is 0.227. The molecular weight excluding hydrogens is 309 g/mol. The van der Waals surface area contributed by atoms with Crippen LogP contribution in [-0.2, 0) is 21.4 Å². The maximum absolute atomic E-state index is 12.8. The summed E-state index contributed by atoms with van der Waals surface area (Å²) in [5, 5.41) is 2.63. The van der Waals surface area contributed by atoms with E-state index in [0.717, 1.165) is 16.1 Å². The van der Waals surface area contributed by atoms with Crippen molar-refractivity contribution < 1.29 is 17.6 Å². The predicted octanol–water partition coefficient (Wildman–Crippen LogP) is 0.265. The number of sulfonamides is 1. The number of amides is 1. The number of halogens is 1. The van der Waals surface area contributed by atoms with Crippen molar-refractivity contribution in [2.75, 3.05) is 40.0 Å². The van der Waals surface area contributed by atoms with E-state index in [1.807, 2.05) is 19.0 Å². The Morgan fingerprint density at radius 3 is 2.27 bits per heavy atom. The van der Waals surface area contributed by atoms with Gasteiger partial charge in [-0.1, -0.05) is 12.1 Å². The second kappa shape index (κ2) is 8.21. The maximum Gasteiger partial charge on any atom is 0.235 e. The molecule has 22 heavy (non-hydrogen) atoms. The molecule has 0 unspecified atom stereocenters. The number of nitrogens with zero attached hydrogens (tertiary/aromatic N) is 2. The fourth-order valence-electron chi connectivity index (χ4n) is 1.69. The molecule has 0 aliphatic rings. The van der Waals surface area contributed by atoms with Crippen molar-refractivity contribution in [2.45, 2.75) is 6.54 Å². The van der Waals surface area contributed by atoms with Gasteiger partial charge < -0.3 is 10.2 Å². The molecule has 0 aliphatic heterocycles. The van der Waals surface area contributed by atoms with Gasteiger partial charge in [-0.3, -0.25) is 4.79 Å². The van der Waals surface area contributed by atoms with Gasteiger partial charge in [-0.2, -0.15) is 4.31 Å². The quantitative estimate of drug-likeness (QED) is 0.742. The topological polar surface area (TPSA) is 69.7 Å². The number of carbonyl (C=O) groups is 1. The Balaban J connectivity index is 2.54. The summed E-state index contributed by atoms with van der Waals surface area (Å²) < 4.78 is 37.3. The Hall–Kier alpha value is -1.51. The number of rotatable bonds is 8. The van der Waals surface area contributed by atoms with Crippen molar-refractivity contribution in [3.05, 3.63) is 35.6 Å². The van der Waals surface area contributed by atoms with Crippen molar-refractivity contribution in [2.24, 2.45) is 0 Å². The minimum Gasteiger partial charge on any atom is -0.351 e. The fraction of sp³-hybridized carbons (Fsp3) is 0.500. The van der Waals surface area contributed by atoms with E-state index in [0.29, 0.717) is 6.54 Å².